The van der Waals surface area contributed by atoms with Gasteiger partial charge in [-0.1, -0.05) is 24.3 Å². The van der Waals surface area contributed by atoms with Gasteiger partial charge in [-0.3, -0.25) is 0 Å². The zero-order valence-electron chi connectivity index (χ0n) is 8.61. The van der Waals surface area contributed by atoms with Crippen LogP contribution in [-0.2, 0) is 0 Å². The fourth-order valence-electron chi connectivity index (χ4n) is 1.73. The van der Waals surface area contributed by atoms with Gasteiger partial charge in [0, 0.05) is 0 Å². The molecule has 0 aromatic rings. The molecule has 1 atom stereocenters. The molecule has 0 saturated heterocycles. The fourth-order valence-corrected chi connectivity index (χ4v) is 1.73. The van der Waals surface area contributed by atoms with Gasteiger partial charge in [-0.2, -0.15) is 0 Å². The van der Waals surface area contributed by atoms with Gasteiger partial charge < -0.3 is 10.2 Å². The van der Waals surface area contributed by atoms with Gasteiger partial charge in [-0.15, -0.1) is 0 Å². The van der Waals surface area contributed by atoms with Crippen LogP contribution in [0.15, 0.2) is 35.5 Å². The summed E-state index contributed by atoms with van der Waals surface area (Å²) in [7, 11) is 0. The lowest BCUT2D eigenvalue weighted by Crippen LogP contribution is -2.09. The molecule has 78 valence electrons. The second-order valence-corrected chi connectivity index (χ2v) is 3.49. The van der Waals surface area contributed by atoms with Crippen LogP contribution < -0.4 is 0 Å². The molecule has 2 heteroatoms. The summed E-state index contributed by atoms with van der Waals surface area (Å²) in [6.45, 7) is 2.00. The third-order valence-corrected chi connectivity index (χ3v) is 2.37. The van der Waals surface area contributed by atoms with Crippen molar-refractivity contribution in [3.63, 3.8) is 0 Å². The molecule has 0 bridgehead atoms. The highest BCUT2D eigenvalue weighted by atomic mass is 16.3. The maximum Gasteiger partial charge on any atom is 0.0726 e. The summed E-state index contributed by atoms with van der Waals surface area (Å²) >= 11 is 0. The van der Waals surface area contributed by atoms with Crippen LogP contribution in [0.1, 0.15) is 26.2 Å². The molecule has 1 aliphatic carbocycles. The van der Waals surface area contributed by atoms with E-state index in [4.69, 9.17) is 5.11 Å². The minimum absolute atomic E-state index is 0.0487. The van der Waals surface area contributed by atoms with E-state index < -0.39 is 0 Å². The quantitative estimate of drug-likeness (QED) is 0.674. The fraction of sp³-hybridized carbons (Fsp3) is 0.500. The third-order valence-electron chi connectivity index (χ3n) is 2.37. The van der Waals surface area contributed by atoms with Crippen molar-refractivity contribution in [3.05, 3.63) is 35.5 Å². The average molecular weight is 194 g/mol. The van der Waals surface area contributed by atoms with Crippen molar-refractivity contribution in [3.8, 4) is 0 Å². The standard InChI is InChI=1S/C12H18O2/c1-2-4-10(7-8-13)11-5-3-6-12(14)9-11/h2,4,7,9,12-14H,3,5-6,8H2,1H3/b4-2-,10-7+. The summed E-state index contributed by atoms with van der Waals surface area (Å²) in [4.78, 5) is 0. The lowest BCUT2D eigenvalue weighted by atomic mass is 9.91. The highest BCUT2D eigenvalue weighted by Crippen LogP contribution is 2.24. The summed E-state index contributed by atoms with van der Waals surface area (Å²) in [6, 6.07) is 0. The molecule has 0 saturated carbocycles. The molecule has 14 heavy (non-hydrogen) atoms. The Hall–Kier alpha value is -0.860. The smallest absolute Gasteiger partial charge is 0.0726 e. The van der Waals surface area contributed by atoms with Crippen LogP contribution in [0.5, 0.6) is 0 Å². The first kappa shape index (κ1) is 11.2. The minimum Gasteiger partial charge on any atom is -0.392 e. The molecule has 1 rings (SSSR count). The summed E-state index contributed by atoms with van der Waals surface area (Å²) in [6.07, 6.45) is 10.1. The van der Waals surface area contributed by atoms with Crippen molar-refractivity contribution in [2.24, 2.45) is 0 Å². The molecule has 0 amide bonds. The van der Waals surface area contributed by atoms with Gasteiger partial charge >= 0.3 is 0 Å². The van der Waals surface area contributed by atoms with Crippen LogP contribution in [-0.4, -0.2) is 22.9 Å². The molecule has 0 aromatic heterocycles. The molecular weight excluding hydrogens is 176 g/mol. The molecule has 0 radical (unpaired) electrons. The van der Waals surface area contributed by atoms with Gasteiger partial charge in [0.15, 0.2) is 0 Å². The van der Waals surface area contributed by atoms with Gasteiger partial charge in [0.05, 0.1) is 12.7 Å². The largest absolute Gasteiger partial charge is 0.392 e. The van der Waals surface area contributed by atoms with Crippen molar-refractivity contribution in [1.82, 2.24) is 0 Å². The summed E-state index contributed by atoms with van der Waals surface area (Å²) in [5.41, 5.74) is 2.18. The Balaban J connectivity index is 2.82. The lowest BCUT2D eigenvalue weighted by molar-refractivity contribution is 0.202. The van der Waals surface area contributed by atoms with E-state index in [0.29, 0.717) is 0 Å². The van der Waals surface area contributed by atoms with E-state index >= 15 is 0 Å². The Labute approximate surface area is 85.3 Å². The highest BCUT2D eigenvalue weighted by Gasteiger charge is 2.12. The van der Waals surface area contributed by atoms with Gasteiger partial charge in [0.2, 0.25) is 0 Å². The van der Waals surface area contributed by atoms with Crippen LogP contribution in [0.2, 0.25) is 0 Å². The molecule has 2 N–H and O–H groups in total. The molecule has 0 fully saturated rings. The summed E-state index contributed by atoms with van der Waals surface area (Å²) < 4.78 is 0. The van der Waals surface area contributed by atoms with E-state index in [0.717, 1.165) is 30.4 Å². The number of aliphatic hydroxyl groups is 2. The van der Waals surface area contributed by atoms with E-state index in [-0.39, 0.29) is 12.7 Å². The van der Waals surface area contributed by atoms with Gasteiger partial charge in [-0.05, 0) is 37.3 Å². The first-order valence-corrected chi connectivity index (χ1v) is 5.10. The van der Waals surface area contributed by atoms with Crippen molar-refractivity contribution < 1.29 is 10.2 Å². The summed E-state index contributed by atoms with van der Waals surface area (Å²) in [5, 5.41) is 18.3. The molecule has 1 aliphatic rings. The molecule has 1 unspecified atom stereocenters. The monoisotopic (exact) mass is 194 g/mol. The van der Waals surface area contributed by atoms with Crippen LogP contribution in [0.4, 0.5) is 0 Å². The summed E-state index contributed by atoms with van der Waals surface area (Å²) in [5.74, 6) is 0. The van der Waals surface area contributed by atoms with Crippen LogP contribution in [0, 0.1) is 0 Å². The van der Waals surface area contributed by atoms with Crippen LogP contribution >= 0.6 is 0 Å². The van der Waals surface area contributed by atoms with Crippen molar-refractivity contribution in [2.45, 2.75) is 32.3 Å². The van der Waals surface area contributed by atoms with E-state index in [1.165, 1.54) is 0 Å². The molecule has 0 aromatic carbocycles. The number of rotatable bonds is 3. The number of allylic oxidation sites excluding steroid dienone is 4. The molecule has 0 aliphatic heterocycles. The second-order valence-electron chi connectivity index (χ2n) is 3.49. The Kier molecular flexibility index (Phi) is 4.63. The van der Waals surface area contributed by atoms with Gasteiger partial charge in [0.1, 0.15) is 0 Å². The third kappa shape index (κ3) is 3.13. The van der Waals surface area contributed by atoms with E-state index in [1.54, 1.807) is 6.08 Å². The highest BCUT2D eigenvalue weighted by molar-refractivity contribution is 5.41. The Morgan fingerprint density at radius 3 is 3.00 bits per heavy atom. The van der Waals surface area contributed by atoms with Crippen molar-refractivity contribution in [1.29, 1.82) is 0 Å². The average Bonchev–Trinajstić information content (AvgIpc) is 2.17. The Bertz CT molecular complexity index is 261. The minimum atomic E-state index is -0.314. The molecule has 0 heterocycles. The van der Waals surface area contributed by atoms with E-state index in [9.17, 15) is 5.11 Å². The first-order valence-electron chi connectivity index (χ1n) is 5.10. The normalized spacial score (nSPS) is 24.1. The zero-order chi connectivity index (χ0) is 10.4. The van der Waals surface area contributed by atoms with Crippen LogP contribution in [0.3, 0.4) is 0 Å². The number of aliphatic hydroxyl groups excluding tert-OH is 2. The Morgan fingerprint density at radius 1 is 1.64 bits per heavy atom. The first-order chi connectivity index (χ1) is 6.77. The van der Waals surface area contributed by atoms with Crippen LogP contribution in [0.25, 0.3) is 0 Å². The van der Waals surface area contributed by atoms with Gasteiger partial charge in [-0.25, -0.2) is 0 Å². The SMILES string of the molecule is C/C=C\C(=C/CO)C1=CC(O)CCC1. The van der Waals surface area contributed by atoms with E-state index in [2.05, 4.69) is 0 Å². The maximum atomic E-state index is 9.47. The number of hydrogen-bond donors (Lipinski definition) is 2. The van der Waals surface area contributed by atoms with Gasteiger partial charge in [0.25, 0.3) is 0 Å². The maximum absolute atomic E-state index is 9.47. The van der Waals surface area contributed by atoms with Crippen molar-refractivity contribution in [2.75, 3.05) is 6.61 Å². The Morgan fingerprint density at radius 2 is 2.43 bits per heavy atom. The molecule has 0 spiro atoms. The second kappa shape index (κ2) is 5.78. The van der Waals surface area contributed by atoms with Crippen molar-refractivity contribution >= 4 is 0 Å². The molecular formula is C12H18O2. The zero-order valence-corrected chi connectivity index (χ0v) is 8.61. The number of hydrogen-bond acceptors (Lipinski definition) is 2. The molecule has 2 nitrogen and oxygen atoms in total. The topological polar surface area (TPSA) is 40.5 Å². The lowest BCUT2D eigenvalue weighted by Gasteiger charge is -2.17. The predicted molar refractivity (Wildman–Crippen MR) is 57.9 cm³/mol. The van der Waals surface area contributed by atoms with E-state index in [1.807, 2.05) is 25.2 Å². The predicted octanol–water partition coefficient (Wildman–Crippen LogP) is 1.95.